The highest BCUT2D eigenvalue weighted by molar-refractivity contribution is 5.56. The lowest BCUT2D eigenvalue weighted by atomic mass is 9.66. The summed E-state index contributed by atoms with van der Waals surface area (Å²) in [5.41, 5.74) is 2.70. The number of aldehydes is 1. The molecule has 1 saturated heterocycles. The van der Waals surface area contributed by atoms with E-state index in [1.54, 1.807) is 6.07 Å². The molecule has 0 unspecified atom stereocenters. The van der Waals surface area contributed by atoms with E-state index in [-0.39, 0.29) is 41.4 Å². The molecule has 160 valence electrons. The zero-order chi connectivity index (χ0) is 21.5. The molecule has 2 atom stereocenters. The summed E-state index contributed by atoms with van der Waals surface area (Å²) in [7, 11) is 0. The van der Waals surface area contributed by atoms with E-state index >= 15 is 0 Å². The van der Waals surface area contributed by atoms with Gasteiger partial charge in [0, 0.05) is 42.6 Å². The zero-order valence-electron chi connectivity index (χ0n) is 17.5. The van der Waals surface area contributed by atoms with E-state index in [1.807, 2.05) is 13.8 Å². The first-order valence-corrected chi connectivity index (χ1v) is 10.8. The average molecular weight is 414 g/mol. The molecule has 1 heterocycles. The topological polar surface area (TPSA) is 40.5 Å². The Morgan fingerprint density at radius 3 is 2.37 bits per heavy atom. The van der Waals surface area contributed by atoms with Crippen molar-refractivity contribution in [1.29, 1.82) is 0 Å². The number of phenols is 1. The van der Waals surface area contributed by atoms with Crippen LogP contribution in [0.3, 0.4) is 0 Å². The molecule has 3 nitrogen and oxygen atoms in total. The number of nitrogens with zero attached hydrogens (tertiary/aromatic N) is 1. The highest BCUT2D eigenvalue weighted by atomic mass is 19.3. The number of rotatable bonds is 4. The fourth-order valence-corrected chi connectivity index (χ4v) is 5.12. The molecule has 2 aromatic carbocycles. The van der Waals surface area contributed by atoms with Gasteiger partial charge in [0.2, 0.25) is 0 Å². The first-order chi connectivity index (χ1) is 14.3. The van der Waals surface area contributed by atoms with Crippen LogP contribution >= 0.6 is 0 Å². The van der Waals surface area contributed by atoms with Gasteiger partial charge in [0.05, 0.1) is 0 Å². The highest BCUT2D eigenvalue weighted by Gasteiger charge is 2.47. The van der Waals surface area contributed by atoms with E-state index in [2.05, 4.69) is 29.2 Å². The first-order valence-electron chi connectivity index (χ1n) is 10.8. The van der Waals surface area contributed by atoms with Gasteiger partial charge in [0.25, 0.3) is 5.92 Å². The van der Waals surface area contributed by atoms with E-state index in [0.29, 0.717) is 5.56 Å². The summed E-state index contributed by atoms with van der Waals surface area (Å²) in [6.45, 7) is 5.72. The molecule has 5 heteroatoms. The molecule has 1 aliphatic heterocycles. The molecule has 2 aliphatic rings. The van der Waals surface area contributed by atoms with Crippen molar-refractivity contribution < 1.29 is 18.7 Å². The number of benzene rings is 2. The first kappa shape index (κ1) is 20.8. The van der Waals surface area contributed by atoms with Crippen molar-refractivity contribution in [3.05, 3.63) is 59.2 Å². The van der Waals surface area contributed by atoms with Crippen LogP contribution in [0.1, 0.15) is 55.7 Å². The molecule has 1 fully saturated rings. The predicted octanol–water partition coefficient (Wildman–Crippen LogP) is 5.71. The van der Waals surface area contributed by atoms with Crippen molar-refractivity contribution in [2.24, 2.45) is 17.8 Å². The number of piperidine rings is 1. The lowest BCUT2D eigenvalue weighted by Crippen LogP contribution is -2.35. The van der Waals surface area contributed by atoms with Crippen molar-refractivity contribution in [2.75, 3.05) is 18.0 Å². The van der Waals surface area contributed by atoms with Crippen LogP contribution in [0.15, 0.2) is 42.5 Å². The Morgan fingerprint density at radius 2 is 1.77 bits per heavy atom. The lowest BCUT2D eigenvalue weighted by Gasteiger charge is -2.40. The van der Waals surface area contributed by atoms with Gasteiger partial charge >= 0.3 is 0 Å². The zero-order valence-corrected chi connectivity index (χ0v) is 17.5. The molecule has 1 aliphatic carbocycles. The molecular weight excluding hydrogens is 384 g/mol. The summed E-state index contributed by atoms with van der Waals surface area (Å²) in [6.07, 6.45) is 2.58. The monoisotopic (exact) mass is 413 g/mol. The second-order valence-electron chi connectivity index (χ2n) is 9.12. The van der Waals surface area contributed by atoms with Gasteiger partial charge in [0.15, 0.2) is 0 Å². The Morgan fingerprint density at radius 1 is 1.10 bits per heavy atom. The molecule has 30 heavy (non-hydrogen) atoms. The molecule has 0 aromatic heterocycles. The van der Waals surface area contributed by atoms with Gasteiger partial charge in [0.1, 0.15) is 12.0 Å². The summed E-state index contributed by atoms with van der Waals surface area (Å²) in [5.74, 6) is -3.12. The lowest BCUT2D eigenvalue weighted by molar-refractivity contribution is -0.111. The van der Waals surface area contributed by atoms with Crippen molar-refractivity contribution in [2.45, 2.75) is 45.0 Å². The van der Waals surface area contributed by atoms with E-state index in [1.165, 1.54) is 12.1 Å². The minimum Gasteiger partial charge on any atom is -0.508 e. The van der Waals surface area contributed by atoms with Crippen LogP contribution in [0.25, 0.3) is 0 Å². The molecule has 0 amide bonds. The van der Waals surface area contributed by atoms with Crippen molar-refractivity contribution in [1.82, 2.24) is 0 Å². The molecule has 0 radical (unpaired) electrons. The number of aromatic hydroxyl groups is 1. The normalized spacial score (nSPS) is 24.0. The average Bonchev–Trinajstić information content (AvgIpc) is 2.74. The maximum atomic E-state index is 14.9. The van der Waals surface area contributed by atoms with Crippen LogP contribution < -0.4 is 4.90 Å². The Labute approximate surface area is 176 Å². The number of anilines is 1. The second kappa shape index (κ2) is 8.01. The molecule has 0 saturated carbocycles. The van der Waals surface area contributed by atoms with Crippen LogP contribution in [0, 0.1) is 17.8 Å². The van der Waals surface area contributed by atoms with Crippen LogP contribution in [0.5, 0.6) is 5.75 Å². The van der Waals surface area contributed by atoms with Gasteiger partial charge in [-0.2, -0.15) is 0 Å². The summed E-state index contributed by atoms with van der Waals surface area (Å²) in [4.78, 5) is 13.3. The summed E-state index contributed by atoms with van der Waals surface area (Å²) in [6, 6.07) is 12.7. The minimum absolute atomic E-state index is 0.0515. The number of carbonyl (C=O) groups excluding carboxylic acids is 1. The van der Waals surface area contributed by atoms with Gasteiger partial charge in [-0.1, -0.05) is 32.0 Å². The Bertz CT molecular complexity index is 902. The highest BCUT2D eigenvalue weighted by Crippen LogP contribution is 2.53. The molecule has 0 bridgehead atoms. The predicted molar refractivity (Wildman–Crippen MR) is 114 cm³/mol. The maximum absolute atomic E-state index is 14.9. The Kier molecular flexibility index (Phi) is 5.56. The Balaban J connectivity index is 1.67. The maximum Gasteiger partial charge on any atom is 0.274 e. The van der Waals surface area contributed by atoms with Crippen molar-refractivity contribution >= 4 is 12.0 Å². The van der Waals surface area contributed by atoms with E-state index in [9.17, 15) is 18.7 Å². The quantitative estimate of drug-likeness (QED) is 0.653. The van der Waals surface area contributed by atoms with Crippen LogP contribution in [0.2, 0.25) is 0 Å². The standard InChI is InChI=1S/C25H29F2NO2/c1-16(2)22-14-25(26,27)23-13-20(30)7-8-21(23)24(22)18-3-5-19(6-4-18)28-11-9-17(15-29)10-12-28/h3-8,13,15-17,22,24,30H,9-12,14H2,1-2H3/t22-,24-/m1/s1. The minimum atomic E-state index is -2.94. The SMILES string of the molecule is CC(C)[C@H]1CC(F)(F)c2cc(O)ccc2[C@H]1c1ccc(N2CCC(C=O)CC2)cc1. The number of halogens is 2. The third kappa shape index (κ3) is 3.82. The number of hydrogen-bond donors (Lipinski definition) is 1. The number of fused-ring (bicyclic) bond motifs is 1. The largest absolute Gasteiger partial charge is 0.508 e. The third-order valence-corrected chi connectivity index (χ3v) is 6.89. The Hall–Kier alpha value is -2.43. The molecule has 4 rings (SSSR count). The summed E-state index contributed by atoms with van der Waals surface area (Å²) >= 11 is 0. The molecule has 2 aromatic rings. The van der Waals surface area contributed by atoms with Gasteiger partial charge in [-0.3, -0.25) is 0 Å². The smallest absolute Gasteiger partial charge is 0.274 e. The van der Waals surface area contributed by atoms with Crippen LogP contribution in [-0.4, -0.2) is 24.5 Å². The number of phenolic OH excluding ortho intramolecular Hbond substituents is 1. The summed E-state index contributed by atoms with van der Waals surface area (Å²) in [5, 5.41) is 9.81. The number of carbonyl (C=O) groups is 1. The van der Waals surface area contributed by atoms with E-state index in [4.69, 9.17) is 0 Å². The fourth-order valence-electron chi connectivity index (χ4n) is 5.12. The molecule has 0 spiro atoms. The van der Waals surface area contributed by atoms with Gasteiger partial charge < -0.3 is 14.8 Å². The van der Waals surface area contributed by atoms with Gasteiger partial charge in [-0.05, 0) is 60.1 Å². The van der Waals surface area contributed by atoms with Gasteiger partial charge in [-0.25, -0.2) is 8.78 Å². The van der Waals surface area contributed by atoms with E-state index < -0.39 is 5.92 Å². The summed E-state index contributed by atoms with van der Waals surface area (Å²) < 4.78 is 29.8. The van der Waals surface area contributed by atoms with Crippen molar-refractivity contribution in [3.63, 3.8) is 0 Å². The third-order valence-electron chi connectivity index (χ3n) is 6.89. The fraction of sp³-hybridized carbons (Fsp3) is 0.480. The molecular formula is C25H29F2NO2. The van der Waals surface area contributed by atoms with Crippen LogP contribution in [0.4, 0.5) is 14.5 Å². The van der Waals surface area contributed by atoms with Gasteiger partial charge in [-0.15, -0.1) is 0 Å². The number of alkyl halides is 2. The van der Waals surface area contributed by atoms with Crippen molar-refractivity contribution in [3.8, 4) is 5.75 Å². The number of hydrogen-bond acceptors (Lipinski definition) is 3. The second-order valence-corrected chi connectivity index (χ2v) is 9.12. The van der Waals surface area contributed by atoms with Crippen LogP contribution in [-0.2, 0) is 10.7 Å². The van der Waals surface area contributed by atoms with E-state index in [0.717, 1.165) is 43.5 Å². The molecule has 1 N–H and O–H groups in total.